The highest BCUT2D eigenvalue weighted by molar-refractivity contribution is 6.30. The molecule has 2 aromatic rings. The van der Waals surface area contributed by atoms with Crippen molar-refractivity contribution in [1.29, 1.82) is 0 Å². The summed E-state index contributed by atoms with van der Waals surface area (Å²) in [7, 11) is 0. The minimum absolute atomic E-state index is 0.0587. The minimum atomic E-state index is -0.520. The van der Waals surface area contributed by atoms with Crippen molar-refractivity contribution in [3.8, 4) is 0 Å². The molecule has 0 atom stereocenters. The van der Waals surface area contributed by atoms with Crippen LogP contribution >= 0.6 is 0 Å². The largest absolute Gasteiger partial charge is 0.338 e. The van der Waals surface area contributed by atoms with Crippen molar-refractivity contribution in [2.24, 2.45) is 4.99 Å². The summed E-state index contributed by atoms with van der Waals surface area (Å²) in [6.07, 6.45) is 0. The van der Waals surface area contributed by atoms with Gasteiger partial charge in [0.1, 0.15) is 0 Å². The molecule has 1 saturated heterocycles. The number of nitro groups is 2. The summed E-state index contributed by atoms with van der Waals surface area (Å²) >= 11 is 0. The second-order valence-corrected chi connectivity index (χ2v) is 6.04. The molecular formula is C17H15N5O5. The van der Waals surface area contributed by atoms with Gasteiger partial charge in [-0.1, -0.05) is 0 Å². The number of nitrogens with zero attached hydrogens (tertiary/aromatic N) is 5. The standard InChI is InChI=1S/C17H15N5O5/c1-11(2)19-16(18-12-3-5-14(6-4-12)21(24)25)20(17(19)23)13-7-9-15(10-8-13)22(26)27/h3-11H,1-2H3. The Labute approximate surface area is 153 Å². The van der Waals surface area contributed by atoms with Gasteiger partial charge in [0.2, 0.25) is 5.96 Å². The van der Waals surface area contributed by atoms with Gasteiger partial charge < -0.3 is 0 Å². The number of guanidine groups is 1. The van der Waals surface area contributed by atoms with Crippen LogP contribution < -0.4 is 4.90 Å². The van der Waals surface area contributed by atoms with Gasteiger partial charge in [-0.15, -0.1) is 0 Å². The molecule has 1 aliphatic rings. The highest BCUT2D eigenvalue weighted by atomic mass is 16.6. The average molecular weight is 369 g/mol. The van der Waals surface area contributed by atoms with Crippen LogP contribution in [0.4, 0.5) is 27.5 Å². The van der Waals surface area contributed by atoms with Crippen LogP contribution in [0.2, 0.25) is 0 Å². The van der Waals surface area contributed by atoms with Crippen LogP contribution in [0.3, 0.4) is 0 Å². The van der Waals surface area contributed by atoms with Crippen molar-refractivity contribution in [2.45, 2.75) is 19.9 Å². The number of anilines is 1. The molecule has 1 fully saturated rings. The Morgan fingerprint density at radius 3 is 1.81 bits per heavy atom. The van der Waals surface area contributed by atoms with E-state index in [1.165, 1.54) is 58.3 Å². The van der Waals surface area contributed by atoms with Crippen molar-refractivity contribution in [1.82, 2.24) is 4.90 Å². The Kier molecular flexibility index (Phi) is 4.55. The Balaban J connectivity index is 1.96. The third kappa shape index (κ3) is 3.32. The number of rotatable bonds is 5. The number of hydrogen-bond acceptors (Lipinski definition) is 6. The maximum absolute atomic E-state index is 12.5. The van der Waals surface area contributed by atoms with E-state index in [0.717, 1.165) is 0 Å². The fourth-order valence-electron chi connectivity index (χ4n) is 2.61. The first-order valence-corrected chi connectivity index (χ1v) is 8.00. The Morgan fingerprint density at radius 2 is 1.37 bits per heavy atom. The molecule has 2 aromatic carbocycles. The van der Waals surface area contributed by atoms with Gasteiger partial charge in [-0.25, -0.2) is 14.7 Å². The second kappa shape index (κ2) is 6.83. The summed E-state index contributed by atoms with van der Waals surface area (Å²) in [6.45, 7) is 3.66. The van der Waals surface area contributed by atoms with Gasteiger partial charge in [0.05, 0.1) is 21.2 Å². The Hall–Kier alpha value is -3.82. The number of hydrogen-bond donors (Lipinski definition) is 0. The minimum Gasteiger partial charge on any atom is -0.260 e. The van der Waals surface area contributed by atoms with Crippen LogP contribution in [0.15, 0.2) is 53.5 Å². The van der Waals surface area contributed by atoms with Crippen molar-refractivity contribution >= 4 is 34.7 Å². The van der Waals surface area contributed by atoms with Gasteiger partial charge in [-0.2, -0.15) is 0 Å². The van der Waals surface area contributed by atoms with Crippen LogP contribution in [0.1, 0.15) is 13.8 Å². The molecule has 10 nitrogen and oxygen atoms in total. The molecule has 138 valence electrons. The first-order valence-electron chi connectivity index (χ1n) is 8.00. The van der Waals surface area contributed by atoms with Crippen molar-refractivity contribution in [3.05, 3.63) is 68.8 Å². The van der Waals surface area contributed by atoms with Crippen molar-refractivity contribution in [2.75, 3.05) is 4.90 Å². The van der Waals surface area contributed by atoms with E-state index in [1.807, 2.05) is 13.8 Å². The zero-order valence-electron chi connectivity index (χ0n) is 14.5. The molecule has 10 heteroatoms. The van der Waals surface area contributed by atoms with Gasteiger partial charge in [0, 0.05) is 30.3 Å². The van der Waals surface area contributed by atoms with Crippen LogP contribution in [0.5, 0.6) is 0 Å². The van der Waals surface area contributed by atoms with E-state index in [2.05, 4.69) is 4.99 Å². The molecule has 27 heavy (non-hydrogen) atoms. The summed E-state index contributed by atoms with van der Waals surface area (Å²) in [4.78, 5) is 40.3. The zero-order valence-corrected chi connectivity index (χ0v) is 14.5. The number of non-ortho nitro benzene ring substituents is 2. The normalized spacial score (nSPS) is 15.2. The van der Waals surface area contributed by atoms with Crippen molar-refractivity contribution in [3.63, 3.8) is 0 Å². The molecule has 3 rings (SSSR count). The molecule has 0 N–H and O–H groups in total. The fraction of sp³-hybridized carbons (Fsp3) is 0.176. The lowest BCUT2D eigenvalue weighted by molar-refractivity contribution is -0.385. The van der Waals surface area contributed by atoms with E-state index in [1.54, 1.807) is 0 Å². The maximum atomic E-state index is 12.5. The molecule has 0 radical (unpaired) electrons. The van der Waals surface area contributed by atoms with Crippen LogP contribution in [0.25, 0.3) is 0 Å². The summed E-state index contributed by atoms with van der Waals surface area (Å²) in [5.74, 6) is 0.345. The smallest absolute Gasteiger partial charge is 0.260 e. The van der Waals surface area contributed by atoms with Crippen LogP contribution in [-0.4, -0.2) is 32.8 Å². The van der Waals surface area contributed by atoms with Gasteiger partial charge >= 0.3 is 6.03 Å². The zero-order chi connectivity index (χ0) is 19.7. The summed E-state index contributed by atoms with van der Waals surface area (Å²) in [5.41, 5.74) is 0.752. The lowest BCUT2D eigenvalue weighted by Gasteiger charge is -2.44. The fourth-order valence-corrected chi connectivity index (χ4v) is 2.61. The molecule has 0 spiro atoms. The van der Waals surface area contributed by atoms with E-state index in [9.17, 15) is 25.0 Å². The molecule has 0 aliphatic carbocycles. The molecule has 0 saturated carbocycles. The molecule has 1 aliphatic heterocycles. The van der Waals surface area contributed by atoms with Crippen LogP contribution in [-0.2, 0) is 0 Å². The third-order valence-corrected chi connectivity index (χ3v) is 3.94. The summed E-state index contributed by atoms with van der Waals surface area (Å²) < 4.78 is 0. The monoisotopic (exact) mass is 369 g/mol. The quantitative estimate of drug-likeness (QED) is 0.585. The van der Waals surface area contributed by atoms with Crippen LogP contribution in [0, 0.1) is 20.2 Å². The molecular weight excluding hydrogens is 354 g/mol. The Bertz CT molecular complexity index is 937. The average Bonchev–Trinajstić information content (AvgIpc) is 2.62. The first kappa shape index (κ1) is 18.0. The van der Waals surface area contributed by atoms with E-state index < -0.39 is 9.85 Å². The van der Waals surface area contributed by atoms with Gasteiger partial charge in [0.15, 0.2) is 0 Å². The predicted molar refractivity (Wildman–Crippen MR) is 98.1 cm³/mol. The number of amides is 2. The summed E-state index contributed by atoms with van der Waals surface area (Å²) in [6, 6.07) is 10.7. The van der Waals surface area contributed by atoms with E-state index >= 15 is 0 Å². The number of carbonyl (C=O) groups is 1. The lowest BCUT2D eigenvalue weighted by Crippen LogP contribution is -2.67. The van der Waals surface area contributed by atoms with Gasteiger partial charge in [-0.3, -0.25) is 25.1 Å². The first-order chi connectivity index (χ1) is 12.8. The number of nitro benzene ring substituents is 2. The highest BCUT2D eigenvalue weighted by Crippen LogP contribution is 2.31. The number of aliphatic imine (C=N–C) groups is 1. The maximum Gasteiger partial charge on any atom is 0.338 e. The SMILES string of the molecule is CC(C)N1C(=O)N(c2ccc([N+](=O)[O-])cc2)C1=Nc1ccc([N+](=O)[O-])cc1. The molecule has 1 heterocycles. The predicted octanol–water partition coefficient (Wildman–Crippen LogP) is 3.84. The van der Waals surface area contributed by atoms with E-state index in [4.69, 9.17) is 0 Å². The molecule has 2 amide bonds. The van der Waals surface area contributed by atoms with E-state index in [0.29, 0.717) is 17.3 Å². The van der Waals surface area contributed by atoms with Gasteiger partial charge in [0.25, 0.3) is 11.4 Å². The highest BCUT2D eigenvalue weighted by Gasteiger charge is 2.44. The Morgan fingerprint density at radius 1 is 0.889 bits per heavy atom. The second-order valence-electron chi connectivity index (χ2n) is 6.04. The van der Waals surface area contributed by atoms with Crippen molar-refractivity contribution < 1.29 is 14.6 Å². The summed E-state index contributed by atoms with van der Waals surface area (Å²) in [5, 5.41) is 21.6. The third-order valence-electron chi connectivity index (χ3n) is 3.94. The van der Waals surface area contributed by atoms with E-state index in [-0.39, 0.29) is 23.4 Å². The molecule has 0 bridgehead atoms. The topological polar surface area (TPSA) is 122 Å². The molecule has 0 aromatic heterocycles. The lowest BCUT2D eigenvalue weighted by atomic mass is 10.2. The number of urea groups is 1. The van der Waals surface area contributed by atoms with Gasteiger partial charge in [-0.05, 0) is 38.1 Å². The molecule has 0 unspecified atom stereocenters. The number of carbonyl (C=O) groups excluding carboxylic acids is 1. The number of benzene rings is 2.